The van der Waals surface area contributed by atoms with Crippen LogP contribution in [0.5, 0.6) is 0 Å². The van der Waals surface area contributed by atoms with E-state index < -0.39 is 0 Å². The molecule has 0 aromatic heterocycles. The topological polar surface area (TPSA) is 32.3 Å². The van der Waals surface area contributed by atoms with E-state index in [9.17, 15) is 4.79 Å². The minimum absolute atomic E-state index is 0.205. The molecule has 1 aliphatic heterocycles. The van der Waals surface area contributed by atoms with Crippen molar-refractivity contribution in [2.75, 3.05) is 13.1 Å². The van der Waals surface area contributed by atoms with Gasteiger partial charge in [0.2, 0.25) is 0 Å². The van der Waals surface area contributed by atoms with Crippen LogP contribution in [0.4, 0.5) is 0 Å². The van der Waals surface area contributed by atoms with E-state index in [-0.39, 0.29) is 5.91 Å². The van der Waals surface area contributed by atoms with Gasteiger partial charge in [-0.15, -0.1) is 0 Å². The highest BCUT2D eigenvalue weighted by atomic mass is 16.2. The minimum atomic E-state index is 0.205. The molecule has 1 saturated heterocycles. The molecular formula is C16H22N2O. The van der Waals surface area contributed by atoms with Crippen LogP contribution >= 0.6 is 0 Å². The Balaban J connectivity index is 1.71. The van der Waals surface area contributed by atoms with E-state index in [0.717, 1.165) is 18.7 Å². The number of carbonyl (C=O) groups is 1. The predicted molar refractivity (Wildman–Crippen MR) is 76.3 cm³/mol. The van der Waals surface area contributed by atoms with Gasteiger partial charge in [-0.25, -0.2) is 0 Å². The van der Waals surface area contributed by atoms with Gasteiger partial charge >= 0.3 is 0 Å². The smallest absolute Gasteiger partial charge is 0.254 e. The molecule has 1 N–H and O–H groups in total. The number of hydrogen-bond acceptors (Lipinski definition) is 2. The van der Waals surface area contributed by atoms with Crippen molar-refractivity contribution in [1.29, 1.82) is 0 Å². The van der Waals surface area contributed by atoms with E-state index in [1.54, 1.807) is 0 Å². The fourth-order valence-corrected chi connectivity index (χ4v) is 2.80. The van der Waals surface area contributed by atoms with Crippen LogP contribution in [-0.4, -0.2) is 36.0 Å². The maximum absolute atomic E-state index is 12.6. The molecule has 19 heavy (non-hydrogen) atoms. The second-order valence-electron chi connectivity index (χ2n) is 5.85. The largest absolute Gasteiger partial charge is 0.334 e. The summed E-state index contributed by atoms with van der Waals surface area (Å²) in [6.45, 7) is 4.02. The van der Waals surface area contributed by atoms with Gasteiger partial charge in [-0.1, -0.05) is 17.7 Å². The number of rotatable bonds is 4. The van der Waals surface area contributed by atoms with Crippen LogP contribution in [0, 0.1) is 6.92 Å². The Kier molecular flexibility index (Phi) is 3.56. The molecule has 1 unspecified atom stereocenters. The summed E-state index contributed by atoms with van der Waals surface area (Å²) in [6, 6.07) is 8.92. The first-order valence-corrected chi connectivity index (χ1v) is 7.35. The Morgan fingerprint density at radius 3 is 2.58 bits per heavy atom. The molecule has 102 valence electrons. The Hall–Kier alpha value is -1.35. The van der Waals surface area contributed by atoms with Gasteiger partial charge in [-0.05, 0) is 51.3 Å². The molecule has 1 aromatic rings. The lowest BCUT2D eigenvalue weighted by Gasteiger charge is -2.26. The molecule has 1 heterocycles. The van der Waals surface area contributed by atoms with Gasteiger partial charge in [-0.3, -0.25) is 4.79 Å². The van der Waals surface area contributed by atoms with E-state index in [4.69, 9.17) is 0 Å². The average molecular weight is 258 g/mol. The third-order valence-corrected chi connectivity index (χ3v) is 4.13. The van der Waals surface area contributed by atoms with Crippen LogP contribution in [0.15, 0.2) is 24.3 Å². The fourth-order valence-electron chi connectivity index (χ4n) is 2.80. The van der Waals surface area contributed by atoms with E-state index in [0.29, 0.717) is 12.1 Å². The molecule has 1 saturated carbocycles. The molecule has 0 spiro atoms. The van der Waals surface area contributed by atoms with Crippen LogP contribution in [-0.2, 0) is 0 Å². The molecule has 3 nitrogen and oxygen atoms in total. The van der Waals surface area contributed by atoms with Gasteiger partial charge in [0, 0.05) is 24.2 Å². The number of nitrogens with one attached hydrogen (secondary N) is 1. The van der Waals surface area contributed by atoms with Crippen LogP contribution in [0.2, 0.25) is 0 Å². The van der Waals surface area contributed by atoms with Crippen LogP contribution in [0.25, 0.3) is 0 Å². The zero-order valence-electron chi connectivity index (χ0n) is 11.6. The molecule has 0 bridgehead atoms. The van der Waals surface area contributed by atoms with E-state index >= 15 is 0 Å². The molecule has 3 heteroatoms. The maximum atomic E-state index is 12.6. The number of carbonyl (C=O) groups excluding carboxylic acids is 1. The van der Waals surface area contributed by atoms with Crippen molar-refractivity contribution in [2.24, 2.45) is 0 Å². The van der Waals surface area contributed by atoms with Crippen molar-refractivity contribution in [1.82, 2.24) is 10.2 Å². The van der Waals surface area contributed by atoms with E-state index in [1.807, 2.05) is 24.3 Å². The Morgan fingerprint density at radius 1 is 1.26 bits per heavy atom. The third kappa shape index (κ3) is 2.98. The predicted octanol–water partition coefficient (Wildman–Crippen LogP) is 2.35. The Bertz CT molecular complexity index is 444. The van der Waals surface area contributed by atoms with Gasteiger partial charge in [0.05, 0.1) is 0 Å². The molecule has 2 aliphatic rings. The molecule has 2 fully saturated rings. The Labute approximate surface area is 115 Å². The SMILES string of the molecule is Cc1ccc(C(=O)N(CC2CCCN2)C2CC2)cc1. The summed E-state index contributed by atoms with van der Waals surface area (Å²) in [5, 5.41) is 3.49. The maximum Gasteiger partial charge on any atom is 0.254 e. The summed E-state index contributed by atoms with van der Waals surface area (Å²) >= 11 is 0. The zero-order valence-corrected chi connectivity index (χ0v) is 11.6. The number of aryl methyl sites for hydroxylation is 1. The summed E-state index contributed by atoms with van der Waals surface area (Å²) in [7, 11) is 0. The highest BCUT2D eigenvalue weighted by molar-refractivity contribution is 5.94. The van der Waals surface area contributed by atoms with Gasteiger partial charge < -0.3 is 10.2 Å². The van der Waals surface area contributed by atoms with E-state index in [1.165, 1.54) is 31.2 Å². The van der Waals surface area contributed by atoms with Gasteiger partial charge in [0.15, 0.2) is 0 Å². The lowest BCUT2D eigenvalue weighted by molar-refractivity contribution is 0.0728. The summed E-state index contributed by atoms with van der Waals surface area (Å²) in [6.07, 6.45) is 4.78. The van der Waals surface area contributed by atoms with Crippen LogP contribution in [0.3, 0.4) is 0 Å². The number of amides is 1. The quantitative estimate of drug-likeness (QED) is 0.899. The highest BCUT2D eigenvalue weighted by Gasteiger charge is 2.34. The summed E-state index contributed by atoms with van der Waals surface area (Å²) < 4.78 is 0. The van der Waals surface area contributed by atoms with Crippen LogP contribution in [0.1, 0.15) is 41.6 Å². The lowest BCUT2D eigenvalue weighted by Crippen LogP contribution is -2.42. The molecular weight excluding hydrogens is 236 g/mol. The van der Waals surface area contributed by atoms with Crippen molar-refractivity contribution in [3.8, 4) is 0 Å². The monoisotopic (exact) mass is 258 g/mol. The number of benzene rings is 1. The van der Waals surface area contributed by atoms with Crippen molar-refractivity contribution >= 4 is 5.91 Å². The molecule has 1 aromatic carbocycles. The Morgan fingerprint density at radius 2 is 2.00 bits per heavy atom. The van der Waals surface area contributed by atoms with Gasteiger partial charge in [-0.2, -0.15) is 0 Å². The average Bonchev–Trinajstić information content (AvgIpc) is 3.13. The first kappa shape index (κ1) is 12.7. The first-order chi connectivity index (χ1) is 9.24. The summed E-state index contributed by atoms with van der Waals surface area (Å²) in [5.41, 5.74) is 2.03. The van der Waals surface area contributed by atoms with E-state index in [2.05, 4.69) is 17.1 Å². The first-order valence-electron chi connectivity index (χ1n) is 7.35. The van der Waals surface area contributed by atoms with Crippen molar-refractivity contribution in [3.63, 3.8) is 0 Å². The second-order valence-corrected chi connectivity index (χ2v) is 5.85. The summed E-state index contributed by atoms with van der Waals surface area (Å²) in [4.78, 5) is 14.7. The minimum Gasteiger partial charge on any atom is -0.334 e. The molecule has 0 radical (unpaired) electrons. The van der Waals surface area contributed by atoms with Crippen molar-refractivity contribution in [2.45, 2.75) is 44.7 Å². The zero-order chi connectivity index (χ0) is 13.2. The second kappa shape index (κ2) is 5.33. The van der Waals surface area contributed by atoms with Gasteiger partial charge in [0.1, 0.15) is 0 Å². The fraction of sp³-hybridized carbons (Fsp3) is 0.562. The van der Waals surface area contributed by atoms with Crippen LogP contribution < -0.4 is 5.32 Å². The van der Waals surface area contributed by atoms with Crippen molar-refractivity contribution in [3.05, 3.63) is 35.4 Å². The van der Waals surface area contributed by atoms with Crippen molar-refractivity contribution < 1.29 is 4.79 Å². The third-order valence-electron chi connectivity index (χ3n) is 4.13. The lowest BCUT2D eigenvalue weighted by atomic mass is 10.1. The highest BCUT2D eigenvalue weighted by Crippen LogP contribution is 2.29. The summed E-state index contributed by atoms with van der Waals surface area (Å²) in [5.74, 6) is 0.205. The molecule has 1 aliphatic carbocycles. The molecule has 1 atom stereocenters. The number of hydrogen-bond donors (Lipinski definition) is 1. The molecule has 3 rings (SSSR count). The molecule has 1 amide bonds. The number of nitrogens with zero attached hydrogens (tertiary/aromatic N) is 1. The normalized spacial score (nSPS) is 22.5. The standard InChI is InChI=1S/C16H22N2O/c1-12-4-6-13(7-5-12)16(19)18(15-8-9-15)11-14-3-2-10-17-14/h4-7,14-15,17H,2-3,8-11H2,1H3. The van der Waals surface area contributed by atoms with Gasteiger partial charge in [0.25, 0.3) is 5.91 Å².